The van der Waals surface area contributed by atoms with Gasteiger partial charge in [0.2, 0.25) is 0 Å². The van der Waals surface area contributed by atoms with E-state index in [1.807, 2.05) is 32.4 Å². The van der Waals surface area contributed by atoms with E-state index in [9.17, 15) is 5.11 Å². The molecule has 0 aliphatic rings. The van der Waals surface area contributed by atoms with Crippen LogP contribution >= 0.6 is 23.9 Å². The van der Waals surface area contributed by atoms with Crippen molar-refractivity contribution in [3.63, 3.8) is 0 Å². The average Bonchev–Trinajstić information content (AvgIpc) is 2.04. The van der Waals surface area contributed by atoms with Crippen LogP contribution in [0.3, 0.4) is 0 Å². The molecule has 72 valence electrons. The van der Waals surface area contributed by atoms with E-state index in [4.69, 9.17) is 0 Å². The predicted molar refractivity (Wildman–Crippen MR) is 60.3 cm³/mol. The third-order valence-electron chi connectivity index (χ3n) is 2.08. The zero-order valence-electron chi connectivity index (χ0n) is 7.95. The van der Waals surface area contributed by atoms with Gasteiger partial charge in [-0.3, -0.25) is 4.98 Å². The molecule has 1 aromatic heterocycles. The first-order valence-electron chi connectivity index (χ1n) is 3.96. The van der Waals surface area contributed by atoms with Gasteiger partial charge >= 0.3 is 0 Å². The SMILES string of the molecule is CP(C)C(C)(O)c1ccc(Br)cn1. The van der Waals surface area contributed by atoms with Gasteiger partial charge in [0.15, 0.2) is 0 Å². The summed E-state index contributed by atoms with van der Waals surface area (Å²) in [6.07, 6.45) is 1.71. The van der Waals surface area contributed by atoms with Crippen LogP contribution in [0.1, 0.15) is 12.6 Å². The molecular weight excluding hydrogens is 249 g/mol. The van der Waals surface area contributed by atoms with Gasteiger partial charge in [-0.05, 0) is 48.3 Å². The van der Waals surface area contributed by atoms with E-state index in [-0.39, 0.29) is 0 Å². The number of nitrogens with zero attached hydrogens (tertiary/aromatic N) is 1. The molecule has 0 aliphatic carbocycles. The minimum Gasteiger partial charge on any atom is -0.379 e. The number of rotatable bonds is 2. The van der Waals surface area contributed by atoms with Gasteiger partial charge in [0, 0.05) is 10.7 Å². The lowest BCUT2D eigenvalue weighted by Crippen LogP contribution is -2.19. The normalized spacial score (nSPS) is 15.8. The van der Waals surface area contributed by atoms with Crippen LogP contribution in [-0.2, 0) is 5.34 Å². The standard InChI is InChI=1S/C9H13BrNOP/c1-9(12,13(2)3)8-5-4-7(10)6-11-8/h4-6,12H,1-3H3. The summed E-state index contributed by atoms with van der Waals surface area (Å²) in [5, 5.41) is 9.32. The number of halogens is 1. The van der Waals surface area contributed by atoms with Crippen LogP contribution in [-0.4, -0.2) is 23.4 Å². The Hall–Kier alpha value is 0.0200. The topological polar surface area (TPSA) is 33.1 Å². The lowest BCUT2D eigenvalue weighted by atomic mass is 10.2. The number of hydrogen-bond donors (Lipinski definition) is 1. The number of pyridine rings is 1. The molecular formula is C9H13BrNOP. The highest BCUT2D eigenvalue weighted by Crippen LogP contribution is 2.47. The fraction of sp³-hybridized carbons (Fsp3) is 0.444. The molecule has 1 heterocycles. The molecule has 0 aromatic carbocycles. The molecule has 13 heavy (non-hydrogen) atoms. The first kappa shape index (κ1) is 11.1. The quantitative estimate of drug-likeness (QED) is 0.831. The van der Waals surface area contributed by atoms with Crippen molar-refractivity contribution in [3.8, 4) is 0 Å². The summed E-state index contributed by atoms with van der Waals surface area (Å²) in [5.74, 6) is 0. The molecule has 1 N–H and O–H groups in total. The molecule has 1 rings (SSSR count). The second-order valence-corrected chi connectivity index (χ2v) is 6.85. The van der Waals surface area contributed by atoms with Crippen LogP contribution in [0.4, 0.5) is 0 Å². The van der Waals surface area contributed by atoms with E-state index in [0.29, 0.717) is 0 Å². The van der Waals surface area contributed by atoms with Gasteiger partial charge in [-0.15, -0.1) is 0 Å². The molecule has 0 fully saturated rings. The van der Waals surface area contributed by atoms with Crippen molar-refractivity contribution in [2.24, 2.45) is 0 Å². The first-order chi connectivity index (χ1) is 5.94. The third kappa shape index (κ3) is 2.49. The smallest absolute Gasteiger partial charge is 0.122 e. The monoisotopic (exact) mass is 261 g/mol. The van der Waals surface area contributed by atoms with Gasteiger partial charge in [0.25, 0.3) is 0 Å². The zero-order chi connectivity index (χ0) is 10.1. The number of hydrogen-bond acceptors (Lipinski definition) is 2. The number of aromatic nitrogens is 1. The Morgan fingerprint density at radius 1 is 1.46 bits per heavy atom. The van der Waals surface area contributed by atoms with Crippen molar-refractivity contribution in [2.45, 2.75) is 12.3 Å². The minimum absolute atomic E-state index is 0.452. The summed E-state index contributed by atoms with van der Waals surface area (Å²) in [7, 11) is -0.452. The van der Waals surface area contributed by atoms with Gasteiger partial charge in [-0.1, -0.05) is 7.92 Å². The molecule has 1 atom stereocenters. The van der Waals surface area contributed by atoms with Crippen molar-refractivity contribution in [1.82, 2.24) is 4.98 Å². The van der Waals surface area contributed by atoms with Crippen molar-refractivity contribution >= 4 is 23.9 Å². The molecule has 4 heteroatoms. The average molecular weight is 262 g/mol. The second-order valence-electron chi connectivity index (χ2n) is 3.28. The maximum absolute atomic E-state index is 10.1. The molecule has 0 saturated heterocycles. The highest BCUT2D eigenvalue weighted by Gasteiger charge is 2.28. The Morgan fingerprint density at radius 2 is 2.08 bits per heavy atom. The Morgan fingerprint density at radius 3 is 2.46 bits per heavy atom. The van der Waals surface area contributed by atoms with Gasteiger partial charge in [-0.2, -0.15) is 0 Å². The van der Waals surface area contributed by atoms with Crippen LogP contribution < -0.4 is 0 Å². The minimum atomic E-state index is -0.782. The fourth-order valence-corrected chi connectivity index (χ4v) is 1.71. The predicted octanol–water partition coefficient (Wildman–Crippen LogP) is 2.75. The van der Waals surface area contributed by atoms with E-state index in [1.54, 1.807) is 6.20 Å². The Balaban J connectivity index is 3.01. The summed E-state index contributed by atoms with van der Waals surface area (Å²) in [4.78, 5) is 4.19. The molecule has 1 aromatic rings. The molecule has 1 unspecified atom stereocenters. The molecule has 2 nitrogen and oxygen atoms in total. The zero-order valence-corrected chi connectivity index (χ0v) is 10.4. The largest absolute Gasteiger partial charge is 0.379 e. The lowest BCUT2D eigenvalue weighted by molar-refractivity contribution is 0.148. The van der Waals surface area contributed by atoms with E-state index >= 15 is 0 Å². The molecule has 0 bridgehead atoms. The van der Waals surface area contributed by atoms with Crippen LogP contribution in [0.5, 0.6) is 0 Å². The molecule has 0 saturated carbocycles. The third-order valence-corrected chi connectivity index (χ3v) is 4.52. The second kappa shape index (κ2) is 4.04. The van der Waals surface area contributed by atoms with Gasteiger partial charge in [0.1, 0.15) is 5.34 Å². The van der Waals surface area contributed by atoms with E-state index in [1.165, 1.54) is 0 Å². The van der Waals surface area contributed by atoms with Crippen molar-refractivity contribution in [1.29, 1.82) is 0 Å². The first-order valence-corrected chi connectivity index (χ1v) is 6.99. The van der Waals surface area contributed by atoms with Crippen molar-refractivity contribution in [2.75, 3.05) is 13.3 Å². The van der Waals surface area contributed by atoms with Crippen LogP contribution in [0.25, 0.3) is 0 Å². The van der Waals surface area contributed by atoms with Gasteiger partial charge in [-0.25, -0.2) is 0 Å². The Labute approximate surface area is 88.3 Å². The van der Waals surface area contributed by atoms with E-state index < -0.39 is 13.3 Å². The molecule has 0 spiro atoms. The maximum Gasteiger partial charge on any atom is 0.122 e. The molecule has 0 aliphatic heterocycles. The summed E-state index contributed by atoms with van der Waals surface area (Å²) < 4.78 is 0.934. The van der Waals surface area contributed by atoms with Crippen molar-refractivity contribution in [3.05, 3.63) is 28.5 Å². The van der Waals surface area contributed by atoms with Crippen molar-refractivity contribution < 1.29 is 5.11 Å². The van der Waals surface area contributed by atoms with Crippen LogP contribution in [0, 0.1) is 0 Å². The summed E-state index contributed by atoms with van der Waals surface area (Å²) in [6, 6.07) is 3.75. The maximum atomic E-state index is 10.1. The van der Waals surface area contributed by atoms with Gasteiger partial charge in [0.05, 0.1) is 5.69 Å². The Kier molecular flexibility index (Phi) is 3.44. The number of aliphatic hydroxyl groups is 1. The van der Waals surface area contributed by atoms with Gasteiger partial charge < -0.3 is 5.11 Å². The summed E-state index contributed by atoms with van der Waals surface area (Å²) in [6.45, 7) is 5.90. The highest BCUT2D eigenvalue weighted by molar-refractivity contribution is 9.10. The van der Waals surface area contributed by atoms with E-state index in [2.05, 4.69) is 20.9 Å². The Bertz CT molecular complexity index is 284. The summed E-state index contributed by atoms with van der Waals surface area (Å²) >= 11 is 3.31. The van der Waals surface area contributed by atoms with Crippen LogP contribution in [0.15, 0.2) is 22.8 Å². The molecule has 0 radical (unpaired) electrons. The highest BCUT2D eigenvalue weighted by atomic mass is 79.9. The summed E-state index contributed by atoms with van der Waals surface area (Å²) in [5.41, 5.74) is 0.742. The van der Waals surface area contributed by atoms with Crippen LogP contribution in [0.2, 0.25) is 0 Å². The lowest BCUT2D eigenvalue weighted by Gasteiger charge is -2.27. The van der Waals surface area contributed by atoms with E-state index in [0.717, 1.165) is 10.2 Å². The fourth-order valence-electron chi connectivity index (χ4n) is 0.885. The molecule has 0 amide bonds.